The van der Waals surface area contributed by atoms with Crippen LogP contribution in [0.25, 0.3) is 0 Å². The number of carbonyl (C=O) groups is 1. The number of hydrogen-bond donors (Lipinski definition) is 5. The molecule has 1 rings (SSSR count). The third kappa shape index (κ3) is 5.65. The van der Waals surface area contributed by atoms with Gasteiger partial charge in [-0.05, 0) is 0 Å². The van der Waals surface area contributed by atoms with Gasteiger partial charge in [-0.15, -0.1) is 0 Å². The molecule has 1 unspecified atom stereocenters. The van der Waals surface area contributed by atoms with Crippen LogP contribution in [0.2, 0.25) is 0 Å². The van der Waals surface area contributed by atoms with Crippen molar-refractivity contribution in [2.45, 2.75) is 6.10 Å². The molecule has 1 aliphatic heterocycles. The van der Waals surface area contributed by atoms with Crippen molar-refractivity contribution in [2.24, 2.45) is 0 Å². The Balaban J connectivity index is 2.28. The predicted molar refractivity (Wildman–Crippen MR) is 54.3 cm³/mol. The van der Waals surface area contributed by atoms with Gasteiger partial charge in [-0.2, -0.15) is 0 Å². The minimum absolute atomic E-state index is 0.296. The fourth-order valence-corrected chi connectivity index (χ4v) is 1.18. The van der Waals surface area contributed by atoms with Crippen molar-refractivity contribution in [1.29, 1.82) is 0 Å². The van der Waals surface area contributed by atoms with Crippen LogP contribution < -0.4 is 21.5 Å². The quantitative estimate of drug-likeness (QED) is 0.338. The maximum Gasteiger partial charge on any atom is 0.334 e. The molecule has 7 nitrogen and oxygen atoms in total. The van der Waals surface area contributed by atoms with E-state index >= 15 is 0 Å². The lowest BCUT2D eigenvalue weighted by Gasteiger charge is -2.17. The third-order valence-electron chi connectivity index (χ3n) is 1.97. The number of aliphatic carboxylic acids is 1. The highest BCUT2D eigenvalue weighted by Gasteiger charge is 2.16. The van der Waals surface area contributed by atoms with E-state index in [2.05, 4.69) is 21.5 Å². The minimum atomic E-state index is -0.937. The van der Waals surface area contributed by atoms with Gasteiger partial charge in [-0.1, -0.05) is 0 Å². The number of rotatable bonds is 1. The summed E-state index contributed by atoms with van der Waals surface area (Å²) in [7, 11) is 0. The molecular formula is C8H18N4O3. The first-order valence-electron chi connectivity index (χ1n) is 5.02. The van der Waals surface area contributed by atoms with Gasteiger partial charge in [0.1, 0.15) is 0 Å². The topological polar surface area (TPSA) is 94.7 Å². The van der Waals surface area contributed by atoms with E-state index in [-0.39, 0.29) is 0 Å². The van der Waals surface area contributed by atoms with Gasteiger partial charge in [0.2, 0.25) is 0 Å². The molecular weight excluding hydrogens is 200 g/mol. The van der Waals surface area contributed by atoms with Crippen LogP contribution in [-0.2, 0) is 9.53 Å². The van der Waals surface area contributed by atoms with Crippen LogP contribution >= 0.6 is 0 Å². The fourth-order valence-electron chi connectivity index (χ4n) is 1.18. The van der Waals surface area contributed by atoms with Gasteiger partial charge in [0.05, 0.1) is 13.3 Å². The van der Waals surface area contributed by atoms with Gasteiger partial charge in [0, 0.05) is 26.2 Å². The Hall–Kier alpha value is -0.730. The van der Waals surface area contributed by atoms with Crippen molar-refractivity contribution >= 4 is 5.97 Å². The van der Waals surface area contributed by atoms with E-state index in [0.29, 0.717) is 26.4 Å². The Labute approximate surface area is 88.5 Å². The highest BCUT2D eigenvalue weighted by Crippen LogP contribution is 1.90. The number of carboxylic acid groups (broad SMARTS) is 1. The molecule has 1 aliphatic rings. The summed E-state index contributed by atoms with van der Waals surface area (Å²) in [5, 5.41) is 14.9. The van der Waals surface area contributed by atoms with Gasteiger partial charge in [0.15, 0.2) is 6.10 Å². The Morgan fingerprint density at radius 2 is 2.07 bits per heavy atom. The van der Waals surface area contributed by atoms with Crippen LogP contribution in [0.3, 0.4) is 0 Å². The van der Waals surface area contributed by atoms with Crippen molar-refractivity contribution in [3.05, 3.63) is 0 Å². The van der Waals surface area contributed by atoms with Crippen molar-refractivity contribution in [3.63, 3.8) is 0 Å². The minimum Gasteiger partial charge on any atom is -0.479 e. The van der Waals surface area contributed by atoms with E-state index < -0.39 is 12.1 Å². The van der Waals surface area contributed by atoms with Gasteiger partial charge in [-0.25, -0.2) is 10.2 Å². The lowest BCUT2D eigenvalue weighted by atomic mass is 10.3. The van der Waals surface area contributed by atoms with E-state index in [0.717, 1.165) is 13.1 Å². The molecule has 0 saturated carbocycles. The van der Waals surface area contributed by atoms with Crippen LogP contribution in [-0.4, -0.2) is 56.6 Å². The number of hydrogen-bond acceptors (Lipinski definition) is 6. The van der Waals surface area contributed by atoms with Crippen LogP contribution in [0, 0.1) is 0 Å². The number of hydrazine groups is 1. The molecule has 1 saturated heterocycles. The van der Waals surface area contributed by atoms with E-state index in [1.165, 1.54) is 0 Å². The molecule has 88 valence electrons. The van der Waals surface area contributed by atoms with Gasteiger partial charge in [0.25, 0.3) is 0 Å². The molecule has 0 amide bonds. The maximum absolute atomic E-state index is 10.7. The summed E-state index contributed by atoms with van der Waals surface area (Å²) >= 11 is 0. The number of nitrogens with one attached hydrogen (secondary N) is 4. The highest BCUT2D eigenvalue weighted by atomic mass is 16.5. The molecule has 0 aromatic rings. The zero-order valence-electron chi connectivity index (χ0n) is 8.58. The number of ether oxygens (including phenoxy) is 1. The Morgan fingerprint density at radius 1 is 1.20 bits per heavy atom. The Morgan fingerprint density at radius 3 is 2.87 bits per heavy atom. The van der Waals surface area contributed by atoms with Gasteiger partial charge >= 0.3 is 5.97 Å². The van der Waals surface area contributed by atoms with Crippen LogP contribution in [0.15, 0.2) is 0 Å². The fraction of sp³-hybridized carbons (Fsp3) is 0.875. The average Bonchev–Trinajstić information content (AvgIpc) is 2.18. The molecule has 15 heavy (non-hydrogen) atoms. The molecule has 0 aromatic carbocycles. The van der Waals surface area contributed by atoms with Crippen molar-refractivity contribution in [2.75, 3.05) is 39.5 Å². The molecule has 0 aliphatic carbocycles. The molecule has 0 bridgehead atoms. The van der Waals surface area contributed by atoms with E-state index in [1.807, 2.05) is 0 Å². The van der Waals surface area contributed by atoms with E-state index in [4.69, 9.17) is 9.84 Å². The zero-order valence-corrected chi connectivity index (χ0v) is 8.58. The molecule has 1 fully saturated rings. The Kier molecular flexibility index (Phi) is 6.21. The van der Waals surface area contributed by atoms with Gasteiger partial charge < -0.3 is 20.5 Å². The van der Waals surface area contributed by atoms with E-state index in [9.17, 15) is 4.79 Å². The standard InChI is InChI=1S/C8H18N4O3/c13-8(14)7-5-10-6-12-11-2-1-9-3-4-15-7/h7,9-12H,1-6H2,(H,13,14). The second-order valence-electron chi connectivity index (χ2n) is 3.18. The summed E-state index contributed by atoms with van der Waals surface area (Å²) in [4.78, 5) is 10.7. The molecule has 0 radical (unpaired) electrons. The monoisotopic (exact) mass is 218 g/mol. The maximum atomic E-state index is 10.7. The first kappa shape index (κ1) is 12.3. The lowest BCUT2D eigenvalue weighted by molar-refractivity contribution is -0.149. The largest absolute Gasteiger partial charge is 0.479 e. The summed E-state index contributed by atoms with van der Waals surface area (Å²) in [5.74, 6) is -0.937. The SMILES string of the molecule is O=C(O)C1CNCNNCCNCCO1. The molecule has 7 heteroatoms. The smallest absolute Gasteiger partial charge is 0.334 e. The average molecular weight is 218 g/mol. The van der Waals surface area contributed by atoms with Crippen LogP contribution in [0.1, 0.15) is 0 Å². The number of carboxylic acids is 1. The second kappa shape index (κ2) is 7.55. The lowest BCUT2D eigenvalue weighted by Crippen LogP contribution is -2.47. The van der Waals surface area contributed by atoms with Crippen molar-refractivity contribution in [1.82, 2.24) is 21.5 Å². The molecule has 0 aromatic heterocycles. The summed E-state index contributed by atoms with van der Waals surface area (Å²) in [6, 6.07) is 0. The highest BCUT2D eigenvalue weighted by molar-refractivity contribution is 5.72. The summed E-state index contributed by atoms with van der Waals surface area (Å²) in [5.41, 5.74) is 5.90. The summed E-state index contributed by atoms with van der Waals surface area (Å²) in [6.07, 6.45) is -0.784. The molecule has 0 spiro atoms. The van der Waals surface area contributed by atoms with Crippen molar-refractivity contribution in [3.8, 4) is 0 Å². The molecule has 1 atom stereocenters. The van der Waals surface area contributed by atoms with Crippen LogP contribution in [0.5, 0.6) is 0 Å². The first-order chi connectivity index (χ1) is 7.30. The molecule has 5 N–H and O–H groups in total. The first-order valence-corrected chi connectivity index (χ1v) is 5.02. The summed E-state index contributed by atoms with van der Waals surface area (Å²) < 4.78 is 5.20. The second-order valence-corrected chi connectivity index (χ2v) is 3.18. The zero-order chi connectivity index (χ0) is 10.9. The third-order valence-corrected chi connectivity index (χ3v) is 1.97. The normalized spacial score (nSPS) is 26.3. The van der Waals surface area contributed by atoms with Crippen LogP contribution in [0.4, 0.5) is 0 Å². The molecule has 1 heterocycles. The van der Waals surface area contributed by atoms with Crippen molar-refractivity contribution < 1.29 is 14.6 Å². The van der Waals surface area contributed by atoms with E-state index in [1.54, 1.807) is 0 Å². The Bertz CT molecular complexity index is 179. The summed E-state index contributed by atoms with van der Waals surface area (Å²) in [6.45, 7) is 3.49. The van der Waals surface area contributed by atoms with Gasteiger partial charge in [-0.3, -0.25) is 5.43 Å². The predicted octanol–water partition coefficient (Wildman–Crippen LogP) is -2.30.